The van der Waals surface area contributed by atoms with Gasteiger partial charge >= 0.3 is 5.97 Å². The van der Waals surface area contributed by atoms with Gasteiger partial charge in [0, 0.05) is 39.6 Å². The Labute approximate surface area is 185 Å². The number of nitrogens with one attached hydrogen (secondary N) is 2. The fourth-order valence-electron chi connectivity index (χ4n) is 3.71. The van der Waals surface area contributed by atoms with E-state index in [1.165, 1.54) is 0 Å². The summed E-state index contributed by atoms with van der Waals surface area (Å²) in [6.07, 6.45) is 0. The van der Waals surface area contributed by atoms with Crippen LogP contribution in [0.1, 0.15) is 17.3 Å². The maximum absolute atomic E-state index is 12.3. The van der Waals surface area contributed by atoms with E-state index in [1.807, 2.05) is 30.3 Å². The lowest BCUT2D eigenvalue weighted by atomic mass is 10.1. The Hall–Kier alpha value is -4.13. The normalized spacial score (nSPS) is 10.8. The summed E-state index contributed by atoms with van der Waals surface area (Å²) in [4.78, 5) is 36.1. The van der Waals surface area contributed by atoms with Crippen molar-refractivity contribution in [1.82, 2.24) is 9.88 Å². The molecule has 0 aliphatic rings. The SMILES string of the molecule is CCn1c2ccccc2c2cc(NC(=O)COC(=O)CNC(=O)c3ccccc3)ccc21. The number of carbonyl (C=O) groups excluding carboxylic acids is 3. The van der Waals surface area contributed by atoms with Gasteiger partial charge in [-0.15, -0.1) is 0 Å². The summed E-state index contributed by atoms with van der Waals surface area (Å²) >= 11 is 0. The quantitative estimate of drug-likeness (QED) is 0.438. The molecule has 4 rings (SSSR count). The smallest absolute Gasteiger partial charge is 0.325 e. The Balaban J connectivity index is 1.34. The number of ether oxygens (including phenoxy) is 1. The van der Waals surface area contributed by atoms with E-state index in [1.54, 1.807) is 30.3 Å². The summed E-state index contributed by atoms with van der Waals surface area (Å²) < 4.78 is 7.20. The first kappa shape index (κ1) is 21.1. The van der Waals surface area contributed by atoms with Crippen LogP contribution < -0.4 is 10.6 Å². The van der Waals surface area contributed by atoms with E-state index in [0.717, 1.165) is 28.4 Å². The van der Waals surface area contributed by atoms with Crippen molar-refractivity contribution in [2.24, 2.45) is 0 Å². The monoisotopic (exact) mass is 429 g/mol. The molecule has 0 saturated carbocycles. The van der Waals surface area contributed by atoms with Crippen molar-refractivity contribution in [3.8, 4) is 0 Å². The molecule has 1 aromatic heterocycles. The summed E-state index contributed by atoms with van der Waals surface area (Å²) in [5.74, 6) is -1.52. The molecule has 0 aliphatic carbocycles. The number of aromatic nitrogens is 1. The minimum atomic E-state index is -0.689. The number of esters is 1. The van der Waals surface area contributed by atoms with Crippen LogP contribution in [0.15, 0.2) is 72.8 Å². The molecule has 0 radical (unpaired) electrons. The van der Waals surface area contributed by atoms with Crippen molar-refractivity contribution < 1.29 is 19.1 Å². The zero-order valence-corrected chi connectivity index (χ0v) is 17.6. The van der Waals surface area contributed by atoms with Crippen LogP contribution in [0.25, 0.3) is 21.8 Å². The van der Waals surface area contributed by atoms with Gasteiger partial charge in [0.25, 0.3) is 11.8 Å². The Kier molecular flexibility index (Phi) is 6.17. The molecule has 2 amide bonds. The number of fused-ring (bicyclic) bond motifs is 3. The molecular formula is C25H23N3O4. The first-order chi connectivity index (χ1) is 15.6. The average molecular weight is 429 g/mol. The van der Waals surface area contributed by atoms with Gasteiger partial charge in [0.1, 0.15) is 6.54 Å². The number of amides is 2. The van der Waals surface area contributed by atoms with Gasteiger partial charge in [0.2, 0.25) is 0 Å². The second kappa shape index (κ2) is 9.34. The molecule has 2 N–H and O–H groups in total. The van der Waals surface area contributed by atoms with E-state index < -0.39 is 18.5 Å². The second-order valence-corrected chi connectivity index (χ2v) is 7.25. The molecule has 7 heteroatoms. The van der Waals surface area contributed by atoms with Crippen LogP contribution in [0.2, 0.25) is 0 Å². The van der Waals surface area contributed by atoms with Crippen molar-refractivity contribution >= 4 is 45.3 Å². The topological polar surface area (TPSA) is 89.4 Å². The van der Waals surface area contributed by atoms with Crippen LogP contribution >= 0.6 is 0 Å². The van der Waals surface area contributed by atoms with Gasteiger partial charge in [-0.2, -0.15) is 0 Å². The number of hydrogen-bond acceptors (Lipinski definition) is 4. The number of aryl methyl sites for hydroxylation is 1. The number of rotatable bonds is 7. The van der Waals surface area contributed by atoms with Crippen LogP contribution in [0.3, 0.4) is 0 Å². The third kappa shape index (κ3) is 4.46. The number of carbonyl (C=O) groups is 3. The molecule has 0 spiro atoms. The highest BCUT2D eigenvalue weighted by Crippen LogP contribution is 2.30. The Morgan fingerprint density at radius 3 is 2.38 bits per heavy atom. The molecule has 3 aromatic carbocycles. The Morgan fingerprint density at radius 2 is 1.59 bits per heavy atom. The number of nitrogens with zero attached hydrogens (tertiary/aromatic N) is 1. The summed E-state index contributed by atoms with van der Waals surface area (Å²) in [6, 6.07) is 22.4. The van der Waals surface area contributed by atoms with Crippen molar-refractivity contribution in [3.05, 3.63) is 78.4 Å². The third-order valence-corrected chi connectivity index (χ3v) is 5.17. The molecule has 0 saturated heterocycles. The minimum Gasteiger partial charge on any atom is -0.454 e. The highest BCUT2D eigenvalue weighted by Gasteiger charge is 2.13. The lowest BCUT2D eigenvalue weighted by Crippen LogP contribution is -2.32. The van der Waals surface area contributed by atoms with Gasteiger partial charge in [0.15, 0.2) is 6.61 Å². The molecule has 0 bridgehead atoms. The summed E-state index contributed by atoms with van der Waals surface area (Å²) in [5, 5.41) is 7.38. The maximum Gasteiger partial charge on any atom is 0.325 e. The van der Waals surface area contributed by atoms with E-state index in [0.29, 0.717) is 11.3 Å². The van der Waals surface area contributed by atoms with Gasteiger partial charge in [0.05, 0.1) is 0 Å². The second-order valence-electron chi connectivity index (χ2n) is 7.25. The molecule has 7 nitrogen and oxygen atoms in total. The van der Waals surface area contributed by atoms with Crippen molar-refractivity contribution in [2.75, 3.05) is 18.5 Å². The highest BCUT2D eigenvalue weighted by molar-refractivity contribution is 6.10. The summed E-state index contributed by atoms with van der Waals surface area (Å²) in [7, 11) is 0. The fourth-order valence-corrected chi connectivity index (χ4v) is 3.71. The average Bonchev–Trinajstić information content (AvgIpc) is 3.14. The number of hydrogen-bond donors (Lipinski definition) is 2. The lowest BCUT2D eigenvalue weighted by molar-refractivity contribution is -0.146. The Bertz CT molecular complexity index is 1290. The fraction of sp³-hybridized carbons (Fsp3) is 0.160. The summed E-state index contributed by atoms with van der Waals surface area (Å²) in [6.45, 7) is 2.18. The van der Waals surface area contributed by atoms with E-state index >= 15 is 0 Å². The standard InChI is InChI=1S/C25H23N3O4/c1-2-28-21-11-7-6-10-19(21)20-14-18(12-13-22(20)28)27-23(29)16-32-24(30)15-26-25(31)17-8-4-3-5-9-17/h3-14H,2,15-16H2,1H3,(H,26,31)(H,27,29). The molecule has 1 heterocycles. The molecule has 0 unspecified atom stereocenters. The first-order valence-corrected chi connectivity index (χ1v) is 10.4. The van der Waals surface area contributed by atoms with Gasteiger partial charge in [-0.25, -0.2) is 0 Å². The van der Waals surface area contributed by atoms with E-state index in [2.05, 4.69) is 34.3 Å². The van der Waals surface area contributed by atoms with Crippen molar-refractivity contribution in [1.29, 1.82) is 0 Å². The molecule has 0 aliphatic heterocycles. The third-order valence-electron chi connectivity index (χ3n) is 5.17. The molecule has 32 heavy (non-hydrogen) atoms. The van der Waals surface area contributed by atoms with Gasteiger partial charge in [-0.1, -0.05) is 36.4 Å². The van der Waals surface area contributed by atoms with E-state index in [9.17, 15) is 14.4 Å². The van der Waals surface area contributed by atoms with Gasteiger partial charge in [-0.3, -0.25) is 14.4 Å². The van der Waals surface area contributed by atoms with Crippen molar-refractivity contribution in [3.63, 3.8) is 0 Å². The minimum absolute atomic E-state index is 0.316. The van der Waals surface area contributed by atoms with Crippen LogP contribution in [-0.4, -0.2) is 35.5 Å². The van der Waals surface area contributed by atoms with E-state index in [-0.39, 0.29) is 12.5 Å². The largest absolute Gasteiger partial charge is 0.454 e. The number of anilines is 1. The molecule has 0 atom stereocenters. The number of para-hydroxylation sites is 1. The maximum atomic E-state index is 12.3. The molecular weight excluding hydrogens is 406 g/mol. The Morgan fingerprint density at radius 1 is 0.875 bits per heavy atom. The highest BCUT2D eigenvalue weighted by atomic mass is 16.5. The first-order valence-electron chi connectivity index (χ1n) is 10.4. The zero-order valence-electron chi connectivity index (χ0n) is 17.6. The zero-order chi connectivity index (χ0) is 22.5. The van der Waals surface area contributed by atoms with E-state index in [4.69, 9.17) is 4.74 Å². The number of benzene rings is 3. The molecule has 162 valence electrons. The predicted octanol–water partition coefficient (Wildman–Crippen LogP) is 3.73. The molecule has 4 aromatic rings. The van der Waals surface area contributed by atoms with Crippen LogP contribution in [-0.2, 0) is 20.9 Å². The molecule has 0 fully saturated rings. The van der Waals surface area contributed by atoms with Gasteiger partial charge in [-0.05, 0) is 43.3 Å². The van der Waals surface area contributed by atoms with Gasteiger partial charge < -0.3 is 19.9 Å². The summed E-state index contributed by atoms with van der Waals surface area (Å²) in [5.41, 5.74) is 3.29. The lowest BCUT2D eigenvalue weighted by Gasteiger charge is -2.08. The van der Waals surface area contributed by atoms with Crippen LogP contribution in [0.5, 0.6) is 0 Å². The van der Waals surface area contributed by atoms with Crippen molar-refractivity contribution in [2.45, 2.75) is 13.5 Å². The predicted molar refractivity (Wildman–Crippen MR) is 123 cm³/mol. The van der Waals surface area contributed by atoms with Crippen LogP contribution in [0.4, 0.5) is 5.69 Å². The van der Waals surface area contributed by atoms with Crippen LogP contribution in [0, 0.1) is 0 Å².